The molecule has 0 bridgehead atoms. The number of nitrogens with zero attached hydrogens (tertiary/aromatic N) is 4. The second-order valence-electron chi connectivity index (χ2n) is 10.2. The van der Waals surface area contributed by atoms with Crippen molar-refractivity contribution in [2.24, 2.45) is 0 Å². The van der Waals surface area contributed by atoms with Gasteiger partial charge in [-0.1, -0.05) is 12.1 Å². The number of fused-ring (bicyclic) bond motifs is 2. The molecule has 37 heavy (non-hydrogen) atoms. The van der Waals surface area contributed by atoms with Crippen molar-refractivity contribution >= 4 is 11.7 Å². The van der Waals surface area contributed by atoms with Crippen molar-refractivity contribution in [2.75, 3.05) is 45.3 Å². The van der Waals surface area contributed by atoms with Crippen molar-refractivity contribution in [3.63, 3.8) is 0 Å². The van der Waals surface area contributed by atoms with Gasteiger partial charge in [0.1, 0.15) is 30.1 Å². The molecule has 5 rings (SSSR count). The van der Waals surface area contributed by atoms with Crippen LogP contribution in [0.1, 0.15) is 48.2 Å². The highest BCUT2D eigenvalue weighted by Gasteiger charge is 2.59. The summed E-state index contributed by atoms with van der Waals surface area (Å²) in [6, 6.07) is 2.26. The van der Waals surface area contributed by atoms with Gasteiger partial charge in [0.15, 0.2) is 0 Å². The topological polar surface area (TPSA) is 70.6 Å². The molecular formula is C25H28F5N5O2. The van der Waals surface area contributed by atoms with E-state index in [4.69, 9.17) is 4.74 Å². The van der Waals surface area contributed by atoms with E-state index in [1.807, 2.05) is 11.9 Å². The third kappa shape index (κ3) is 4.14. The molecule has 4 heterocycles. The summed E-state index contributed by atoms with van der Waals surface area (Å²) in [5.41, 5.74) is -2.45. The minimum atomic E-state index is -4.83. The molecule has 2 aromatic rings. The maximum absolute atomic E-state index is 14.8. The summed E-state index contributed by atoms with van der Waals surface area (Å²) < 4.78 is 74.7. The number of hydrogen-bond donors (Lipinski definition) is 1. The summed E-state index contributed by atoms with van der Waals surface area (Å²) in [6.45, 7) is 2.28. The number of likely N-dealkylation sites (N-methyl/N-ethyl adjacent to an activating group) is 1. The Morgan fingerprint density at radius 1 is 1.19 bits per heavy atom. The van der Waals surface area contributed by atoms with Crippen LogP contribution in [0.2, 0.25) is 0 Å². The lowest BCUT2D eigenvalue weighted by molar-refractivity contribution is -0.160. The van der Waals surface area contributed by atoms with Crippen molar-refractivity contribution in [2.45, 2.75) is 49.5 Å². The molecule has 1 atom stereocenters. The summed E-state index contributed by atoms with van der Waals surface area (Å²) in [5.74, 6) is -1.27. The molecule has 1 N–H and O–H groups in total. The van der Waals surface area contributed by atoms with Crippen molar-refractivity contribution in [1.82, 2.24) is 19.8 Å². The van der Waals surface area contributed by atoms with Crippen LogP contribution in [0.25, 0.3) is 0 Å². The van der Waals surface area contributed by atoms with Crippen LogP contribution >= 0.6 is 0 Å². The first-order valence-electron chi connectivity index (χ1n) is 12.1. The van der Waals surface area contributed by atoms with E-state index in [1.54, 1.807) is 4.90 Å². The maximum atomic E-state index is 14.8. The molecular weight excluding hydrogens is 497 g/mol. The Hall–Kier alpha value is -2.86. The fourth-order valence-electron chi connectivity index (χ4n) is 5.84. The number of benzene rings is 1. The van der Waals surface area contributed by atoms with Gasteiger partial charge in [0.05, 0.1) is 29.4 Å². The molecule has 2 saturated heterocycles. The third-order valence-corrected chi connectivity index (χ3v) is 7.85. The number of likely N-dealkylation sites (tertiary alicyclic amines) is 1. The van der Waals surface area contributed by atoms with Crippen molar-refractivity contribution in [3.05, 3.63) is 52.7 Å². The van der Waals surface area contributed by atoms with Gasteiger partial charge in [-0.05, 0) is 32.9 Å². The van der Waals surface area contributed by atoms with Crippen molar-refractivity contribution in [3.8, 4) is 0 Å². The zero-order chi connectivity index (χ0) is 26.6. The Labute approximate surface area is 211 Å². The highest BCUT2D eigenvalue weighted by atomic mass is 19.4. The molecule has 0 radical (unpaired) electrons. The van der Waals surface area contributed by atoms with E-state index < -0.39 is 41.2 Å². The lowest BCUT2D eigenvalue weighted by atomic mass is 9.70. The number of halogens is 5. The van der Waals surface area contributed by atoms with Crippen molar-refractivity contribution < 1.29 is 31.5 Å². The second-order valence-corrected chi connectivity index (χ2v) is 10.2. The number of carbonyl (C=O) groups excluding carboxylic acids is 1. The molecule has 2 fully saturated rings. The predicted octanol–water partition coefficient (Wildman–Crippen LogP) is 3.85. The number of nitrogens with one attached hydrogen (secondary N) is 1. The number of carbonyl (C=O) groups is 1. The molecule has 7 nitrogen and oxygen atoms in total. The van der Waals surface area contributed by atoms with Gasteiger partial charge >= 0.3 is 6.18 Å². The van der Waals surface area contributed by atoms with Gasteiger partial charge in [0, 0.05) is 37.4 Å². The molecule has 1 aromatic carbocycles. The lowest BCUT2D eigenvalue weighted by Gasteiger charge is -2.56. The number of alkyl halides is 4. The molecule has 1 spiro atoms. The average molecular weight is 526 g/mol. The van der Waals surface area contributed by atoms with Gasteiger partial charge < -0.3 is 19.9 Å². The molecule has 12 heteroatoms. The number of hydrogen-bond acceptors (Lipinski definition) is 6. The zero-order valence-corrected chi connectivity index (χ0v) is 20.5. The van der Waals surface area contributed by atoms with Crippen LogP contribution in [-0.4, -0.2) is 71.2 Å². The Morgan fingerprint density at radius 2 is 1.89 bits per heavy atom. The Bertz CT molecular complexity index is 1190. The van der Waals surface area contributed by atoms with Crippen LogP contribution in [-0.2, 0) is 27.7 Å². The Morgan fingerprint density at radius 3 is 2.51 bits per heavy atom. The summed E-state index contributed by atoms with van der Waals surface area (Å²) in [4.78, 5) is 26.2. The second kappa shape index (κ2) is 9.16. The zero-order valence-electron chi connectivity index (χ0n) is 20.5. The average Bonchev–Trinajstić information content (AvgIpc) is 2.84. The normalized spacial score (nSPS) is 21.9. The van der Waals surface area contributed by atoms with E-state index in [9.17, 15) is 26.7 Å². The predicted molar refractivity (Wildman–Crippen MR) is 124 cm³/mol. The lowest BCUT2D eigenvalue weighted by Crippen LogP contribution is -2.71. The van der Waals surface area contributed by atoms with Gasteiger partial charge in [-0.25, -0.2) is 18.7 Å². The first-order chi connectivity index (χ1) is 17.5. The monoisotopic (exact) mass is 525 g/mol. The highest BCUT2D eigenvalue weighted by Crippen LogP contribution is 2.46. The fourth-order valence-corrected chi connectivity index (χ4v) is 5.84. The minimum Gasteiger partial charge on any atom is -0.381 e. The summed E-state index contributed by atoms with van der Waals surface area (Å²) in [7, 11) is 1.87. The van der Waals surface area contributed by atoms with E-state index in [1.165, 1.54) is 19.3 Å². The standard InChI is InChI=1S/C25H28F5N5O2/c1-15(16-4-3-5-18(19(16)27)25(28,29)30)33-21-17-10-35(23(11-26)6-8-37-9-7-23)22(36)24(12-34(2)13-24)20(17)31-14-32-21/h3-5,14-15H,6-13H2,1-2H3,(H,31,32,33)/t15-/m1/s1. The third-order valence-electron chi connectivity index (χ3n) is 7.85. The van der Waals surface area contributed by atoms with Crippen LogP contribution < -0.4 is 5.32 Å². The number of ether oxygens (including phenoxy) is 1. The van der Waals surface area contributed by atoms with Crippen LogP contribution in [0.3, 0.4) is 0 Å². The van der Waals surface area contributed by atoms with E-state index in [0.29, 0.717) is 56.5 Å². The van der Waals surface area contributed by atoms with Crippen LogP contribution in [0.4, 0.5) is 27.8 Å². The van der Waals surface area contributed by atoms with Crippen LogP contribution in [0.15, 0.2) is 24.5 Å². The van der Waals surface area contributed by atoms with Crippen molar-refractivity contribution in [1.29, 1.82) is 0 Å². The Balaban J connectivity index is 1.54. The molecule has 0 unspecified atom stereocenters. The molecule has 1 aromatic heterocycles. The van der Waals surface area contributed by atoms with Gasteiger partial charge in [-0.3, -0.25) is 4.79 Å². The van der Waals surface area contributed by atoms with E-state index >= 15 is 0 Å². The summed E-state index contributed by atoms with van der Waals surface area (Å²) in [6.07, 6.45) is -2.85. The van der Waals surface area contributed by atoms with Crippen LogP contribution in [0.5, 0.6) is 0 Å². The van der Waals surface area contributed by atoms with Gasteiger partial charge in [-0.2, -0.15) is 13.2 Å². The smallest absolute Gasteiger partial charge is 0.381 e. The largest absolute Gasteiger partial charge is 0.419 e. The molecule has 1 amide bonds. The first kappa shape index (κ1) is 25.8. The minimum absolute atomic E-state index is 0.0323. The molecule has 0 saturated carbocycles. The highest BCUT2D eigenvalue weighted by molar-refractivity contribution is 5.92. The van der Waals surface area contributed by atoms with E-state index in [-0.39, 0.29) is 23.8 Å². The molecule has 0 aliphatic carbocycles. The van der Waals surface area contributed by atoms with Gasteiger partial charge in [0.25, 0.3) is 0 Å². The maximum Gasteiger partial charge on any atom is 0.419 e. The quantitative estimate of drug-likeness (QED) is 0.599. The molecule has 200 valence electrons. The van der Waals surface area contributed by atoms with Gasteiger partial charge in [0.2, 0.25) is 5.91 Å². The molecule has 3 aliphatic rings. The number of amides is 1. The Kier molecular flexibility index (Phi) is 6.38. The SMILES string of the molecule is C[C@@H](Nc1ncnc2c1CN(C1(CF)CCOCC1)C(=O)C21CN(C)C1)c1cccc(C(F)(F)F)c1F. The van der Waals surface area contributed by atoms with E-state index in [2.05, 4.69) is 15.3 Å². The van der Waals surface area contributed by atoms with E-state index in [0.717, 1.165) is 6.07 Å². The molecule has 3 aliphatic heterocycles. The summed E-state index contributed by atoms with van der Waals surface area (Å²) in [5, 5.41) is 3.04. The first-order valence-corrected chi connectivity index (χ1v) is 12.1. The van der Waals surface area contributed by atoms with Gasteiger partial charge in [-0.15, -0.1) is 0 Å². The number of aromatic nitrogens is 2. The number of anilines is 1. The summed E-state index contributed by atoms with van der Waals surface area (Å²) >= 11 is 0. The van der Waals surface area contributed by atoms with Crippen LogP contribution in [0, 0.1) is 5.82 Å². The number of rotatable bonds is 5. The fraction of sp³-hybridized carbons (Fsp3) is 0.560.